The normalized spacial score (nSPS) is 11.6. The lowest BCUT2D eigenvalue weighted by molar-refractivity contribution is 0.268. The van der Waals surface area contributed by atoms with E-state index in [4.69, 9.17) is 0 Å². The quantitative estimate of drug-likeness (QED) is 0.544. The zero-order valence-corrected chi connectivity index (χ0v) is 17.0. The molecule has 29 heavy (non-hydrogen) atoms. The van der Waals surface area contributed by atoms with Crippen molar-refractivity contribution in [2.24, 2.45) is 0 Å². The van der Waals surface area contributed by atoms with E-state index in [9.17, 15) is 9.59 Å². The molecule has 4 aromatic rings. The van der Waals surface area contributed by atoms with Gasteiger partial charge >= 0.3 is 0 Å². The molecule has 148 valence electrons. The number of aromatic nitrogens is 2. The summed E-state index contributed by atoms with van der Waals surface area (Å²) in [5.41, 5.74) is 5.06. The average molecular weight is 387 g/mol. The van der Waals surface area contributed by atoms with E-state index in [0.29, 0.717) is 23.9 Å². The monoisotopic (exact) mass is 387 g/mol. The number of nitrogens with zero attached hydrogens (tertiary/aromatic N) is 1. The highest BCUT2D eigenvalue weighted by molar-refractivity contribution is 5.80. The third kappa shape index (κ3) is 3.49. The molecule has 4 rings (SSSR count). The molecule has 0 atom stereocenters. The van der Waals surface area contributed by atoms with Crippen LogP contribution in [0.3, 0.4) is 0 Å². The van der Waals surface area contributed by atoms with Crippen molar-refractivity contribution in [1.29, 1.82) is 0 Å². The number of hydrogen-bond acceptors (Lipinski definition) is 3. The molecule has 2 N–H and O–H groups in total. The molecule has 0 aliphatic carbocycles. The van der Waals surface area contributed by atoms with Crippen LogP contribution in [0.2, 0.25) is 0 Å². The molecule has 0 unspecified atom stereocenters. The van der Waals surface area contributed by atoms with Crippen LogP contribution in [0.15, 0.2) is 58.1 Å². The molecule has 2 aromatic heterocycles. The molecule has 0 saturated heterocycles. The number of pyridine rings is 2. The fourth-order valence-corrected chi connectivity index (χ4v) is 3.91. The predicted molar refractivity (Wildman–Crippen MR) is 118 cm³/mol. The Hall–Kier alpha value is -3.18. The van der Waals surface area contributed by atoms with Crippen LogP contribution in [-0.2, 0) is 13.1 Å². The van der Waals surface area contributed by atoms with Crippen LogP contribution in [0, 0.1) is 13.8 Å². The third-order valence-electron chi connectivity index (χ3n) is 5.65. The van der Waals surface area contributed by atoms with Gasteiger partial charge in [-0.15, -0.1) is 0 Å². The van der Waals surface area contributed by atoms with Gasteiger partial charge in [0.05, 0.1) is 0 Å². The standard InChI is InChI=1S/C24H25N3O2/c1-4-27(13-19-15(2)25-21-11-7-5-9-17(21)23(19)28)14-20-16(3)26-22-12-8-6-10-18(22)24(20)29/h5-12H,4,13-14H2,1-3H3,(H,25,28)(H,26,29). The highest BCUT2D eigenvalue weighted by atomic mass is 16.1. The third-order valence-corrected chi connectivity index (χ3v) is 5.65. The Bertz CT molecular complexity index is 1220. The summed E-state index contributed by atoms with van der Waals surface area (Å²) < 4.78 is 0. The van der Waals surface area contributed by atoms with E-state index in [1.165, 1.54) is 0 Å². The molecule has 0 spiro atoms. The van der Waals surface area contributed by atoms with E-state index in [2.05, 4.69) is 21.8 Å². The van der Waals surface area contributed by atoms with Gasteiger partial charge < -0.3 is 9.97 Å². The van der Waals surface area contributed by atoms with Crippen LogP contribution in [0.1, 0.15) is 29.4 Å². The number of hydrogen-bond donors (Lipinski definition) is 2. The number of para-hydroxylation sites is 2. The van der Waals surface area contributed by atoms with Gasteiger partial charge in [0.1, 0.15) is 0 Å². The highest BCUT2D eigenvalue weighted by Crippen LogP contribution is 2.16. The second kappa shape index (κ2) is 7.68. The summed E-state index contributed by atoms with van der Waals surface area (Å²) >= 11 is 0. The minimum atomic E-state index is 0.0550. The first-order valence-corrected chi connectivity index (χ1v) is 9.93. The number of aryl methyl sites for hydroxylation is 2. The molecule has 0 aliphatic rings. The zero-order valence-electron chi connectivity index (χ0n) is 17.0. The Morgan fingerprint density at radius 1 is 0.724 bits per heavy atom. The number of benzene rings is 2. The second-order valence-electron chi connectivity index (χ2n) is 7.51. The van der Waals surface area contributed by atoms with Crippen molar-refractivity contribution in [3.8, 4) is 0 Å². The fraction of sp³-hybridized carbons (Fsp3) is 0.250. The first kappa shape index (κ1) is 19.2. The van der Waals surface area contributed by atoms with Crippen molar-refractivity contribution in [1.82, 2.24) is 14.9 Å². The molecule has 2 aromatic carbocycles. The number of H-pyrrole nitrogens is 2. The first-order valence-electron chi connectivity index (χ1n) is 9.93. The van der Waals surface area contributed by atoms with Crippen LogP contribution in [0.5, 0.6) is 0 Å². The van der Waals surface area contributed by atoms with Gasteiger partial charge in [0, 0.05) is 57.4 Å². The minimum Gasteiger partial charge on any atom is -0.358 e. The van der Waals surface area contributed by atoms with Crippen molar-refractivity contribution >= 4 is 21.8 Å². The van der Waals surface area contributed by atoms with E-state index in [1.54, 1.807) is 0 Å². The van der Waals surface area contributed by atoms with Gasteiger partial charge in [-0.3, -0.25) is 14.5 Å². The molecule has 0 aliphatic heterocycles. The summed E-state index contributed by atoms with van der Waals surface area (Å²) in [5, 5.41) is 1.40. The Kier molecular flexibility index (Phi) is 5.07. The summed E-state index contributed by atoms with van der Waals surface area (Å²) in [6.07, 6.45) is 0. The van der Waals surface area contributed by atoms with Gasteiger partial charge in [-0.2, -0.15) is 0 Å². The van der Waals surface area contributed by atoms with Crippen LogP contribution in [0.25, 0.3) is 21.8 Å². The summed E-state index contributed by atoms with van der Waals surface area (Å²) in [6, 6.07) is 15.1. The van der Waals surface area contributed by atoms with E-state index < -0.39 is 0 Å². The van der Waals surface area contributed by atoms with Crippen LogP contribution >= 0.6 is 0 Å². The van der Waals surface area contributed by atoms with Crippen molar-refractivity contribution in [3.63, 3.8) is 0 Å². The molecule has 5 nitrogen and oxygen atoms in total. The maximum Gasteiger partial charge on any atom is 0.194 e. The largest absolute Gasteiger partial charge is 0.358 e. The molecule has 5 heteroatoms. The van der Waals surface area contributed by atoms with E-state index in [0.717, 1.165) is 40.1 Å². The van der Waals surface area contributed by atoms with Gasteiger partial charge in [0.2, 0.25) is 0 Å². The lowest BCUT2D eigenvalue weighted by Crippen LogP contribution is -2.30. The molecule has 0 amide bonds. The van der Waals surface area contributed by atoms with E-state index >= 15 is 0 Å². The SMILES string of the molecule is CCN(Cc1c(C)[nH]c2ccccc2c1=O)Cc1c(C)[nH]c2ccccc2c1=O. The lowest BCUT2D eigenvalue weighted by Gasteiger charge is -2.22. The maximum absolute atomic E-state index is 13.0. The molecule has 2 heterocycles. The van der Waals surface area contributed by atoms with Crippen molar-refractivity contribution in [3.05, 3.63) is 91.5 Å². The van der Waals surface area contributed by atoms with Crippen molar-refractivity contribution < 1.29 is 0 Å². The Morgan fingerprint density at radius 3 is 1.55 bits per heavy atom. The topological polar surface area (TPSA) is 69.0 Å². The van der Waals surface area contributed by atoms with Gasteiger partial charge in [-0.1, -0.05) is 31.2 Å². The molecule has 0 bridgehead atoms. The number of rotatable bonds is 5. The number of aromatic amines is 2. The Morgan fingerprint density at radius 2 is 1.14 bits per heavy atom. The summed E-state index contributed by atoms with van der Waals surface area (Å²) in [6.45, 7) is 7.64. The van der Waals surface area contributed by atoms with Gasteiger partial charge in [0.15, 0.2) is 10.9 Å². The Labute approximate surface area is 169 Å². The smallest absolute Gasteiger partial charge is 0.194 e. The average Bonchev–Trinajstić information content (AvgIpc) is 2.72. The first-order chi connectivity index (χ1) is 14.0. The molecular weight excluding hydrogens is 362 g/mol. The summed E-state index contributed by atoms with van der Waals surface area (Å²) in [7, 11) is 0. The molecular formula is C24H25N3O2. The van der Waals surface area contributed by atoms with E-state index in [-0.39, 0.29) is 10.9 Å². The predicted octanol–water partition coefficient (Wildman–Crippen LogP) is 4.01. The minimum absolute atomic E-state index is 0.0550. The zero-order chi connectivity index (χ0) is 20.5. The van der Waals surface area contributed by atoms with Gasteiger partial charge in [0.25, 0.3) is 0 Å². The fourth-order valence-electron chi connectivity index (χ4n) is 3.91. The van der Waals surface area contributed by atoms with E-state index in [1.807, 2.05) is 62.4 Å². The van der Waals surface area contributed by atoms with Crippen LogP contribution in [-0.4, -0.2) is 21.4 Å². The molecule has 0 radical (unpaired) electrons. The summed E-state index contributed by atoms with van der Waals surface area (Å²) in [4.78, 5) is 34.9. The number of fused-ring (bicyclic) bond motifs is 2. The van der Waals surface area contributed by atoms with Crippen LogP contribution in [0.4, 0.5) is 0 Å². The second-order valence-corrected chi connectivity index (χ2v) is 7.51. The number of nitrogens with one attached hydrogen (secondary N) is 2. The van der Waals surface area contributed by atoms with Crippen LogP contribution < -0.4 is 10.9 Å². The van der Waals surface area contributed by atoms with Crippen molar-refractivity contribution in [2.45, 2.75) is 33.9 Å². The Balaban J connectivity index is 1.72. The summed E-state index contributed by atoms with van der Waals surface area (Å²) in [5.74, 6) is 0. The van der Waals surface area contributed by atoms with Gasteiger partial charge in [-0.25, -0.2) is 0 Å². The highest BCUT2D eigenvalue weighted by Gasteiger charge is 2.16. The molecule has 0 fully saturated rings. The maximum atomic E-state index is 13.0. The molecule has 0 saturated carbocycles. The lowest BCUT2D eigenvalue weighted by atomic mass is 10.1. The van der Waals surface area contributed by atoms with Gasteiger partial charge in [-0.05, 0) is 44.7 Å². The van der Waals surface area contributed by atoms with Crippen molar-refractivity contribution in [2.75, 3.05) is 6.54 Å².